The molecule has 0 radical (unpaired) electrons. The number of carbonyl (C=O) groups is 3. The van der Waals surface area contributed by atoms with Gasteiger partial charge in [0.05, 0.1) is 0 Å². The monoisotopic (exact) mass is 372 g/mol. The number of imide groups is 1. The fourth-order valence-electron chi connectivity index (χ4n) is 3.45. The van der Waals surface area contributed by atoms with Crippen molar-refractivity contribution in [3.63, 3.8) is 0 Å². The lowest BCUT2D eigenvalue weighted by molar-refractivity contribution is -0.139. The average molecular weight is 372 g/mol. The summed E-state index contributed by atoms with van der Waals surface area (Å²) >= 11 is 0. The molecule has 1 N–H and O–H groups in total. The number of nitrogens with one attached hydrogen (secondary N) is 1. The molecule has 0 spiro atoms. The summed E-state index contributed by atoms with van der Waals surface area (Å²) in [5, 5.41) is 2.79. The molecule has 3 rings (SSSR count). The van der Waals surface area contributed by atoms with Crippen LogP contribution in [0.3, 0.4) is 0 Å². The molecule has 0 bridgehead atoms. The lowest BCUT2D eigenvalue weighted by Crippen LogP contribution is -2.47. The van der Waals surface area contributed by atoms with Crippen molar-refractivity contribution in [2.75, 3.05) is 33.7 Å². The van der Waals surface area contributed by atoms with Crippen molar-refractivity contribution in [1.29, 1.82) is 0 Å². The first-order chi connectivity index (χ1) is 12.8. The van der Waals surface area contributed by atoms with Gasteiger partial charge in [-0.15, -0.1) is 0 Å². The van der Waals surface area contributed by atoms with E-state index in [4.69, 9.17) is 0 Å². The Morgan fingerprint density at radius 3 is 2.44 bits per heavy atom. The third-order valence-corrected chi connectivity index (χ3v) is 5.37. The summed E-state index contributed by atoms with van der Waals surface area (Å²) in [5.74, 6) is -0.317. The van der Waals surface area contributed by atoms with Crippen LogP contribution in [0, 0.1) is 5.92 Å². The first-order valence-corrected chi connectivity index (χ1v) is 9.42. The Kier molecular flexibility index (Phi) is 5.51. The molecule has 1 aliphatic heterocycles. The van der Waals surface area contributed by atoms with Crippen molar-refractivity contribution < 1.29 is 14.4 Å². The number of urea groups is 1. The summed E-state index contributed by atoms with van der Waals surface area (Å²) in [6.07, 6.45) is 1.88. The van der Waals surface area contributed by atoms with E-state index in [0.29, 0.717) is 19.6 Å². The van der Waals surface area contributed by atoms with E-state index >= 15 is 0 Å². The third kappa shape index (κ3) is 4.30. The molecule has 1 aliphatic carbocycles. The summed E-state index contributed by atoms with van der Waals surface area (Å²) in [6, 6.07) is 9.27. The summed E-state index contributed by atoms with van der Waals surface area (Å²) in [6.45, 7) is 3.25. The zero-order chi connectivity index (χ0) is 19.6. The Hall–Kier alpha value is -2.41. The number of rotatable bonds is 8. The van der Waals surface area contributed by atoms with E-state index in [0.717, 1.165) is 23.3 Å². The van der Waals surface area contributed by atoms with E-state index in [2.05, 4.69) is 5.32 Å². The maximum absolute atomic E-state index is 12.9. The molecule has 1 unspecified atom stereocenters. The molecule has 4 amide bonds. The van der Waals surface area contributed by atoms with Gasteiger partial charge in [-0.05, 0) is 45.3 Å². The molecule has 1 atom stereocenters. The van der Waals surface area contributed by atoms with Crippen molar-refractivity contribution in [2.24, 2.45) is 5.92 Å². The second kappa shape index (κ2) is 7.68. The number of likely N-dealkylation sites (N-methyl/N-ethyl adjacent to an activating group) is 1. The predicted octanol–water partition coefficient (Wildman–Crippen LogP) is 1.30. The average Bonchev–Trinajstić information content (AvgIpc) is 3.45. The van der Waals surface area contributed by atoms with Crippen LogP contribution < -0.4 is 5.32 Å². The number of amides is 4. The van der Waals surface area contributed by atoms with Crippen LogP contribution in [-0.4, -0.2) is 71.8 Å². The van der Waals surface area contributed by atoms with Gasteiger partial charge in [-0.1, -0.05) is 30.3 Å². The highest BCUT2D eigenvalue weighted by atomic mass is 16.2. The van der Waals surface area contributed by atoms with E-state index in [1.807, 2.05) is 49.3 Å². The molecule has 2 aliphatic rings. The highest BCUT2D eigenvalue weighted by molar-refractivity contribution is 6.09. The summed E-state index contributed by atoms with van der Waals surface area (Å²) < 4.78 is 0. The van der Waals surface area contributed by atoms with Crippen molar-refractivity contribution >= 4 is 17.8 Å². The SMILES string of the molecule is CN(C)CCN(Cc1ccccc1)C(=O)CN1C(=O)NC(C)(C2CC2)C1=O. The fraction of sp³-hybridized carbons (Fsp3) is 0.550. The minimum Gasteiger partial charge on any atom is -0.336 e. The summed E-state index contributed by atoms with van der Waals surface area (Å²) in [4.78, 5) is 42.8. The number of nitrogens with zero attached hydrogens (tertiary/aromatic N) is 3. The summed E-state index contributed by atoms with van der Waals surface area (Å²) in [7, 11) is 3.90. The molecule has 7 nitrogen and oxygen atoms in total. The quantitative estimate of drug-likeness (QED) is 0.698. The van der Waals surface area contributed by atoms with Gasteiger partial charge in [0.25, 0.3) is 5.91 Å². The second-order valence-corrected chi connectivity index (χ2v) is 7.90. The smallest absolute Gasteiger partial charge is 0.325 e. The van der Waals surface area contributed by atoms with Crippen LogP contribution in [0.15, 0.2) is 30.3 Å². The number of hydrogen-bond acceptors (Lipinski definition) is 4. The number of benzene rings is 1. The van der Waals surface area contributed by atoms with Crippen LogP contribution in [0.25, 0.3) is 0 Å². The van der Waals surface area contributed by atoms with E-state index in [1.54, 1.807) is 11.8 Å². The van der Waals surface area contributed by atoms with Gasteiger partial charge in [0.15, 0.2) is 0 Å². The minimum atomic E-state index is -0.856. The van der Waals surface area contributed by atoms with E-state index in [-0.39, 0.29) is 24.3 Å². The highest BCUT2D eigenvalue weighted by Gasteiger charge is 2.56. The third-order valence-electron chi connectivity index (χ3n) is 5.37. The molecule has 1 saturated heterocycles. The lowest BCUT2D eigenvalue weighted by atomic mass is 9.96. The molecule has 7 heteroatoms. The Morgan fingerprint density at radius 2 is 1.85 bits per heavy atom. The molecular weight excluding hydrogens is 344 g/mol. The zero-order valence-electron chi connectivity index (χ0n) is 16.3. The largest absolute Gasteiger partial charge is 0.336 e. The maximum atomic E-state index is 12.9. The van der Waals surface area contributed by atoms with Gasteiger partial charge in [-0.2, -0.15) is 0 Å². The Labute approximate surface area is 160 Å². The maximum Gasteiger partial charge on any atom is 0.325 e. The molecular formula is C20H28N4O3. The van der Waals surface area contributed by atoms with Gasteiger partial charge >= 0.3 is 6.03 Å². The topological polar surface area (TPSA) is 73.0 Å². The lowest BCUT2D eigenvalue weighted by Gasteiger charge is -2.26. The first kappa shape index (κ1) is 19.4. The fourth-order valence-corrected chi connectivity index (χ4v) is 3.45. The van der Waals surface area contributed by atoms with E-state index in [9.17, 15) is 14.4 Å². The molecule has 146 valence electrons. The number of hydrogen-bond donors (Lipinski definition) is 1. The van der Waals surface area contributed by atoms with E-state index < -0.39 is 11.6 Å². The standard InChI is InChI=1S/C20H28N4O3/c1-20(16-9-10-16)18(26)24(19(27)21-20)14-17(25)23(12-11-22(2)3)13-15-7-5-4-6-8-15/h4-8,16H,9-14H2,1-3H3,(H,21,27). The summed E-state index contributed by atoms with van der Waals surface area (Å²) in [5.41, 5.74) is 0.162. The van der Waals surface area contributed by atoms with Gasteiger partial charge < -0.3 is 15.1 Å². The van der Waals surface area contributed by atoms with Crippen molar-refractivity contribution in [2.45, 2.75) is 31.8 Å². The Morgan fingerprint density at radius 1 is 1.19 bits per heavy atom. The van der Waals surface area contributed by atoms with Gasteiger partial charge in [-0.25, -0.2) is 4.79 Å². The molecule has 1 heterocycles. The Balaban J connectivity index is 1.69. The normalized spacial score (nSPS) is 22.3. The van der Waals surface area contributed by atoms with Crippen LogP contribution in [0.1, 0.15) is 25.3 Å². The first-order valence-electron chi connectivity index (χ1n) is 9.42. The van der Waals surface area contributed by atoms with Gasteiger partial charge in [-0.3, -0.25) is 14.5 Å². The van der Waals surface area contributed by atoms with Gasteiger partial charge in [0, 0.05) is 19.6 Å². The van der Waals surface area contributed by atoms with Crippen molar-refractivity contribution in [1.82, 2.24) is 20.0 Å². The highest BCUT2D eigenvalue weighted by Crippen LogP contribution is 2.42. The van der Waals surface area contributed by atoms with Crippen molar-refractivity contribution in [3.05, 3.63) is 35.9 Å². The molecule has 1 aromatic rings. The molecule has 27 heavy (non-hydrogen) atoms. The van der Waals surface area contributed by atoms with Crippen LogP contribution in [0.4, 0.5) is 4.79 Å². The zero-order valence-corrected chi connectivity index (χ0v) is 16.3. The number of carbonyl (C=O) groups excluding carboxylic acids is 3. The van der Waals surface area contributed by atoms with Crippen LogP contribution in [0.5, 0.6) is 0 Å². The molecule has 2 fully saturated rings. The molecule has 1 saturated carbocycles. The van der Waals surface area contributed by atoms with Crippen LogP contribution in [-0.2, 0) is 16.1 Å². The second-order valence-electron chi connectivity index (χ2n) is 7.90. The van der Waals surface area contributed by atoms with Crippen LogP contribution >= 0.6 is 0 Å². The molecule has 0 aromatic heterocycles. The van der Waals surface area contributed by atoms with Crippen LogP contribution in [0.2, 0.25) is 0 Å². The molecule has 1 aromatic carbocycles. The van der Waals surface area contributed by atoms with Crippen molar-refractivity contribution in [3.8, 4) is 0 Å². The minimum absolute atomic E-state index is 0.184. The predicted molar refractivity (Wildman–Crippen MR) is 102 cm³/mol. The Bertz CT molecular complexity index is 717. The van der Waals surface area contributed by atoms with Gasteiger partial charge in [0.1, 0.15) is 12.1 Å². The van der Waals surface area contributed by atoms with Gasteiger partial charge in [0.2, 0.25) is 5.91 Å². The van der Waals surface area contributed by atoms with E-state index in [1.165, 1.54) is 0 Å².